The molecule has 6 nitrogen and oxygen atoms in total. The summed E-state index contributed by atoms with van der Waals surface area (Å²) in [5, 5.41) is 0. The molecule has 0 spiro atoms. The normalized spacial score (nSPS) is 17.9. The molecular formula is C18H25NO5S. The van der Waals surface area contributed by atoms with E-state index in [0.717, 1.165) is 11.1 Å². The second-order valence-electron chi connectivity index (χ2n) is 6.64. The van der Waals surface area contributed by atoms with Gasteiger partial charge in [0.05, 0.1) is 10.8 Å². The van der Waals surface area contributed by atoms with Crippen LogP contribution in [0.1, 0.15) is 37.8 Å². The number of hydrogen-bond donors (Lipinski definition) is 0. The van der Waals surface area contributed by atoms with Gasteiger partial charge in [-0.15, -0.1) is 0 Å². The molecule has 1 aromatic rings. The van der Waals surface area contributed by atoms with Crippen molar-refractivity contribution in [3.8, 4) is 0 Å². The van der Waals surface area contributed by atoms with E-state index in [1.165, 1.54) is 11.2 Å². The summed E-state index contributed by atoms with van der Waals surface area (Å²) < 4.78 is 32.2. The Bertz CT molecular complexity index is 764. The molecule has 1 unspecified atom stereocenters. The molecule has 0 N–H and O–H groups in total. The molecule has 1 aliphatic rings. The lowest BCUT2D eigenvalue weighted by Crippen LogP contribution is -2.41. The number of aryl methyl sites for hydroxylation is 2. The monoisotopic (exact) mass is 367 g/mol. The van der Waals surface area contributed by atoms with Crippen molar-refractivity contribution in [3.63, 3.8) is 0 Å². The number of hydrogen-bond acceptors (Lipinski definition) is 5. The van der Waals surface area contributed by atoms with Crippen LogP contribution < -0.4 is 0 Å². The van der Waals surface area contributed by atoms with E-state index in [-0.39, 0.29) is 24.8 Å². The zero-order chi connectivity index (χ0) is 18.8. The molecule has 1 aromatic carbocycles. The fourth-order valence-corrected chi connectivity index (χ4v) is 4.59. The van der Waals surface area contributed by atoms with Crippen molar-refractivity contribution < 1.29 is 22.7 Å². The molecule has 0 bridgehead atoms. The Balaban J connectivity index is 2.04. The third-order valence-corrected chi connectivity index (χ3v) is 6.66. The number of benzene rings is 1. The Hall–Kier alpha value is -1.73. The third-order valence-electron chi connectivity index (χ3n) is 4.60. The van der Waals surface area contributed by atoms with Gasteiger partial charge in [0.25, 0.3) is 0 Å². The summed E-state index contributed by atoms with van der Waals surface area (Å²) in [7, 11) is -3.57. The SMILES string of the molecule is CC(=O)C(C)OC(=O)C1CCN(S(=O)(=O)c2ccc(C)cc2C)CC1. The number of piperidine rings is 1. The van der Waals surface area contributed by atoms with Gasteiger partial charge in [-0.3, -0.25) is 9.59 Å². The van der Waals surface area contributed by atoms with Crippen LogP contribution in [0.15, 0.2) is 23.1 Å². The zero-order valence-corrected chi connectivity index (χ0v) is 15.9. The highest BCUT2D eigenvalue weighted by atomic mass is 32.2. The molecule has 0 aliphatic carbocycles. The number of ketones is 1. The average Bonchev–Trinajstić information content (AvgIpc) is 2.54. The number of Topliss-reactive ketones (excluding diaryl/α,β-unsaturated/α-hetero) is 1. The largest absolute Gasteiger partial charge is 0.454 e. The first-order chi connectivity index (χ1) is 11.6. The molecular weight excluding hydrogens is 342 g/mol. The molecule has 1 heterocycles. The van der Waals surface area contributed by atoms with Crippen molar-refractivity contribution in [3.05, 3.63) is 29.3 Å². The Labute approximate surface area is 149 Å². The first-order valence-electron chi connectivity index (χ1n) is 8.41. The van der Waals surface area contributed by atoms with Crippen molar-refractivity contribution in [2.45, 2.75) is 51.5 Å². The van der Waals surface area contributed by atoms with Gasteiger partial charge in [0.15, 0.2) is 11.9 Å². The summed E-state index contributed by atoms with van der Waals surface area (Å²) in [6.45, 7) is 7.15. The summed E-state index contributed by atoms with van der Waals surface area (Å²) in [5.41, 5.74) is 1.73. The van der Waals surface area contributed by atoms with Crippen molar-refractivity contribution in [2.75, 3.05) is 13.1 Å². The van der Waals surface area contributed by atoms with Crippen LogP contribution in [0.4, 0.5) is 0 Å². The maximum Gasteiger partial charge on any atom is 0.309 e. The first kappa shape index (κ1) is 19.6. The number of sulfonamides is 1. The molecule has 0 saturated carbocycles. The van der Waals surface area contributed by atoms with Gasteiger partial charge in [-0.05, 0) is 52.2 Å². The first-order valence-corrected chi connectivity index (χ1v) is 9.85. The highest BCUT2D eigenvalue weighted by Gasteiger charge is 2.34. The van der Waals surface area contributed by atoms with Crippen LogP contribution in [0, 0.1) is 19.8 Å². The molecule has 1 aliphatic heterocycles. The second kappa shape index (κ2) is 7.66. The van der Waals surface area contributed by atoms with Gasteiger partial charge >= 0.3 is 5.97 Å². The molecule has 0 amide bonds. The number of carbonyl (C=O) groups is 2. The van der Waals surface area contributed by atoms with Gasteiger partial charge in [-0.2, -0.15) is 4.31 Å². The number of rotatable bonds is 5. The number of nitrogens with zero attached hydrogens (tertiary/aromatic N) is 1. The van der Waals surface area contributed by atoms with Crippen LogP contribution >= 0.6 is 0 Å². The Morgan fingerprint density at radius 2 is 1.80 bits per heavy atom. The maximum absolute atomic E-state index is 12.8. The molecule has 0 radical (unpaired) electrons. The highest BCUT2D eigenvalue weighted by Crippen LogP contribution is 2.27. The summed E-state index contributed by atoms with van der Waals surface area (Å²) in [6.07, 6.45) is 0.0331. The molecule has 1 saturated heterocycles. The predicted octanol–water partition coefficient (Wildman–Crippen LogP) is 2.22. The van der Waals surface area contributed by atoms with Crippen LogP contribution in [0.2, 0.25) is 0 Å². The van der Waals surface area contributed by atoms with E-state index in [1.54, 1.807) is 26.0 Å². The fourth-order valence-electron chi connectivity index (χ4n) is 2.91. The van der Waals surface area contributed by atoms with Crippen LogP contribution in [0.5, 0.6) is 0 Å². The molecule has 2 rings (SSSR count). The second-order valence-corrected chi connectivity index (χ2v) is 8.54. The van der Waals surface area contributed by atoms with E-state index in [0.29, 0.717) is 17.7 Å². The lowest BCUT2D eigenvalue weighted by molar-refractivity contribution is -0.158. The van der Waals surface area contributed by atoms with Crippen LogP contribution in [0.3, 0.4) is 0 Å². The third kappa shape index (κ3) is 4.46. The zero-order valence-electron chi connectivity index (χ0n) is 15.1. The average molecular weight is 367 g/mol. The van der Waals surface area contributed by atoms with Crippen LogP contribution in [0.25, 0.3) is 0 Å². The smallest absolute Gasteiger partial charge is 0.309 e. The molecule has 0 aromatic heterocycles. The summed E-state index contributed by atoms with van der Waals surface area (Å²) in [5.74, 6) is -0.998. The predicted molar refractivity (Wildman–Crippen MR) is 93.6 cm³/mol. The van der Waals surface area contributed by atoms with Gasteiger partial charge in [0.1, 0.15) is 0 Å². The Morgan fingerprint density at radius 3 is 2.32 bits per heavy atom. The molecule has 25 heavy (non-hydrogen) atoms. The number of esters is 1. The van der Waals surface area contributed by atoms with E-state index in [4.69, 9.17) is 4.74 Å². The van der Waals surface area contributed by atoms with E-state index in [9.17, 15) is 18.0 Å². The summed E-state index contributed by atoms with van der Waals surface area (Å²) in [4.78, 5) is 23.6. The standard InChI is InChI=1S/C18H25NO5S/c1-12-5-6-17(13(2)11-12)25(22,23)19-9-7-16(8-10-19)18(21)24-15(4)14(3)20/h5-6,11,15-16H,7-10H2,1-4H3. The van der Waals surface area contributed by atoms with E-state index in [2.05, 4.69) is 0 Å². The maximum atomic E-state index is 12.8. The lowest BCUT2D eigenvalue weighted by atomic mass is 9.98. The minimum absolute atomic E-state index is 0.205. The minimum Gasteiger partial charge on any atom is -0.454 e. The van der Waals surface area contributed by atoms with Gasteiger partial charge < -0.3 is 4.74 Å². The topological polar surface area (TPSA) is 80.8 Å². The molecule has 1 fully saturated rings. The summed E-state index contributed by atoms with van der Waals surface area (Å²) >= 11 is 0. The van der Waals surface area contributed by atoms with Crippen molar-refractivity contribution in [1.82, 2.24) is 4.31 Å². The highest BCUT2D eigenvalue weighted by molar-refractivity contribution is 7.89. The van der Waals surface area contributed by atoms with E-state index < -0.39 is 22.1 Å². The van der Waals surface area contributed by atoms with Gasteiger partial charge in [-0.25, -0.2) is 8.42 Å². The van der Waals surface area contributed by atoms with Gasteiger partial charge in [-0.1, -0.05) is 17.7 Å². The molecule has 138 valence electrons. The lowest BCUT2D eigenvalue weighted by Gasteiger charge is -2.31. The van der Waals surface area contributed by atoms with Crippen LogP contribution in [-0.2, 0) is 24.3 Å². The van der Waals surface area contributed by atoms with Crippen LogP contribution in [-0.4, -0.2) is 43.7 Å². The molecule has 7 heteroatoms. The van der Waals surface area contributed by atoms with E-state index >= 15 is 0 Å². The summed E-state index contributed by atoms with van der Waals surface area (Å²) in [6, 6.07) is 5.27. The number of ether oxygens (including phenoxy) is 1. The number of carbonyl (C=O) groups excluding carboxylic acids is 2. The van der Waals surface area contributed by atoms with Crippen molar-refractivity contribution >= 4 is 21.8 Å². The van der Waals surface area contributed by atoms with Crippen molar-refractivity contribution in [2.24, 2.45) is 5.92 Å². The molecule has 1 atom stereocenters. The minimum atomic E-state index is -3.57. The van der Waals surface area contributed by atoms with Crippen molar-refractivity contribution in [1.29, 1.82) is 0 Å². The van der Waals surface area contributed by atoms with Gasteiger partial charge in [0.2, 0.25) is 10.0 Å². The van der Waals surface area contributed by atoms with E-state index in [1.807, 2.05) is 13.0 Å². The fraction of sp³-hybridized carbons (Fsp3) is 0.556. The Kier molecular flexibility index (Phi) is 6.00. The quantitative estimate of drug-likeness (QED) is 0.746. The Morgan fingerprint density at radius 1 is 1.20 bits per heavy atom. The van der Waals surface area contributed by atoms with Gasteiger partial charge in [0, 0.05) is 13.1 Å².